The summed E-state index contributed by atoms with van der Waals surface area (Å²) in [6, 6.07) is 8.35. The molecule has 1 aliphatic rings. The van der Waals surface area contributed by atoms with Crippen LogP contribution in [0.4, 0.5) is 0 Å². The molecule has 0 spiro atoms. The first kappa shape index (κ1) is 12.8. The van der Waals surface area contributed by atoms with E-state index in [1.807, 2.05) is 24.5 Å². The van der Waals surface area contributed by atoms with Crippen LogP contribution < -0.4 is 0 Å². The fourth-order valence-electron chi connectivity index (χ4n) is 1.87. The van der Waals surface area contributed by atoms with Gasteiger partial charge in [0.05, 0.1) is 11.7 Å². The monoisotopic (exact) mass is 265 g/mol. The van der Waals surface area contributed by atoms with E-state index in [0.29, 0.717) is 6.10 Å². The molecule has 1 heterocycles. The highest BCUT2D eigenvalue weighted by atomic mass is 32.2. The van der Waals surface area contributed by atoms with Gasteiger partial charge in [-0.3, -0.25) is 0 Å². The van der Waals surface area contributed by atoms with Crippen molar-refractivity contribution in [2.24, 2.45) is 0 Å². The highest BCUT2D eigenvalue weighted by molar-refractivity contribution is 8.00. The van der Waals surface area contributed by atoms with E-state index in [1.165, 1.54) is 6.42 Å². The Labute approximate surface area is 111 Å². The molecule has 0 aromatic heterocycles. The Morgan fingerprint density at radius 1 is 1.47 bits per heavy atom. The highest BCUT2D eigenvalue weighted by Crippen LogP contribution is 2.31. The maximum Gasteiger partial charge on any atom is 0.101 e. The Morgan fingerprint density at radius 3 is 2.94 bits per heavy atom. The number of benzene rings is 1. The summed E-state index contributed by atoms with van der Waals surface area (Å²) in [6.45, 7) is 0.890. The summed E-state index contributed by atoms with van der Waals surface area (Å²) < 4.78 is 5.60. The lowest BCUT2D eigenvalue weighted by Gasteiger charge is -2.10. The van der Waals surface area contributed by atoms with Gasteiger partial charge in [0, 0.05) is 22.2 Å². The van der Waals surface area contributed by atoms with E-state index in [2.05, 4.69) is 6.07 Å². The Morgan fingerprint density at radius 2 is 2.29 bits per heavy atom. The van der Waals surface area contributed by atoms with E-state index >= 15 is 0 Å². The maximum atomic E-state index is 9.21. The zero-order valence-electron chi connectivity index (χ0n) is 9.81. The van der Waals surface area contributed by atoms with E-state index in [1.54, 1.807) is 23.5 Å². The second-order valence-corrected chi connectivity index (χ2v) is 5.80. The molecule has 0 N–H and O–H groups in total. The highest BCUT2D eigenvalue weighted by Gasteiger charge is 2.17. The normalized spacial score (nSPS) is 19.2. The van der Waals surface area contributed by atoms with Crippen LogP contribution in [0.3, 0.4) is 0 Å². The number of ether oxygens (including phenoxy) is 1. The van der Waals surface area contributed by atoms with Crippen molar-refractivity contribution in [3.8, 4) is 6.07 Å². The second-order valence-electron chi connectivity index (χ2n) is 3.89. The minimum absolute atomic E-state index is 0.365. The molecule has 4 heteroatoms. The molecule has 0 saturated carbocycles. The summed E-state index contributed by atoms with van der Waals surface area (Å²) in [5.74, 6) is 0.951. The van der Waals surface area contributed by atoms with Crippen LogP contribution >= 0.6 is 23.5 Å². The summed E-state index contributed by atoms with van der Waals surface area (Å²) in [5.41, 5.74) is 0.808. The standard InChI is InChI=1S/C13H15NOS2/c1-16-12-5-2-6-13(11(12)8-14)17-9-10-4-3-7-15-10/h2,5-6,10H,3-4,7,9H2,1H3. The number of rotatable bonds is 4. The van der Waals surface area contributed by atoms with Crippen molar-refractivity contribution < 1.29 is 4.74 Å². The van der Waals surface area contributed by atoms with Crippen molar-refractivity contribution in [2.75, 3.05) is 18.6 Å². The molecule has 1 aliphatic heterocycles. The van der Waals surface area contributed by atoms with E-state index in [0.717, 1.165) is 34.1 Å². The van der Waals surface area contributed by atoms with Crippen LogP contribution in [0.25, 0.3) is 0 Å². The average Bonchev–Trinajstić information content (AvgIpc) is 2.88. The molecule has 2 rings (SSSR count). The van der Waals surface area contributed by atoms with E-state index < -0.39 is 0 Å². The topological polar surface area (TPSA) is 33.0 Å². The molecule has 1 aromatic carbocycles. The minimum Gasteiger partial charge on any atom is -0.377 e. The number of thioether (sulfide) groups is 2. The van der Waals surface area contributed by atoms with Crippen molar-refractivity contribution >= 4 is 23.5 Å². The fraction of sp³-hybridized carbons (Fsp3) is 0.462. The first-order chi connectivity index (χ1) is 8.35. The number of nitriles is 1. The van der Waals surface area contributed by atoms with Crippen molar-refractivity contribution in [3.05, 3.63) is 23.8 Å². The Kier molecular flexibility index (Phi) is 4.78. The molecule has 1 atom stereocenters. The van der Waals surface area contributed by atoms with Gasteiger partial charge in [-0.25, -0.2) is 0 Å². The first-order valence-electron chi connectivity index (χ1n) is 5.66. The predicted octanol–water partition coefficient (Wildman–Crippen LogP) is 3.55. The van der Waals surface area contributed by atoms with Crippen molar-refractivity contribution in [3.63, 3.8) is 0 Å². The molecule has 1 fully saturated rings. The summed E-state index contributed by atoms with van der Waals surface area (Å²) in [7, 11) is 0. The van der Waals surface area contributed by atoms with Gasteiger partial charge in [0.1, 0.15) is 6.07 Å². The zero-order chi connectivity index (χ0) is 12.1. The van der Waals surface area contributed by atoms with Crippen LogP contribution in [0.1, 0.15) is 18.4 Å². The third kappa shape index (κ3) is 3.19. The van der Waals surface area contributed by atoms with Gasteiger partial charge in [-0.2, -0.15) is 5.26 Å². The number of hydrogen-bond acceptors (Lipinski definition) is 4. The van der Waals surface area contributed by atoms with E-state index in [-0.39, 0.29) is 0 Å². The fourth-order valence-corrected chi connectivity index (χ4v) is 3.61. The lowest BCUT2D eigenvalue weighted by atomic mass is 10.2. The second kappa shape index (κ2) is 6.34. The molecule has 0 aliphatic carbocycles. The molecule has 0 amide bonds. The molecule has 2 nitrogen and oxygen atoms in total. The van der Waals surface area contributed by atoms with Crippen LogP contribution in [0.2, 0.25) is 0 Å². The van der Waals surface area contributed by atoms with Gasteiger partial charge in [-0.1, -0.05) is 6.07 Å². The van der Waals surface area contributed by atoms with Gasteiger partial charge in [-0.15, -0.1) is 23.5 Å². The molecule has 1 saturated heterocycles. The third-order valence-corrected chi connectivity index (χ3v) is 4.74. The smallest absolute Gasteiger partial charge is 0.101 e. The molecule has 1 aromatic rings. The quantitative estimate of drug-likeness (QED) is 0.779. The SMILES string of the molecule is CSc1cccc(SCC2CCCO2)c1C#N. The van der Waals surface area contributed by atoms with Crippen molar-refractivity contribution in [1.82, 2.24) is 0 Å². The Bertz CT molecular complexity index is 422. The molecular weight excluding hydrogens is 250 g/mol. The maximum absolute atomic E-state index is 9.21. The Balaban J connectivity index is 2.07. The Hall–Kier alpha value is -0.630. The van der Waals surface area contributed by atoms with E-state index in [4.69, 9.17) is 4.74 Å². The summed E-state index contributed by atoms with van der Waals surface area (Å²) in [5, 5.41) is 9.21. The lowest BCUT2D eigenvalue weighted by Crippen LogP contribution is -2.07. The third-order valence-electron chi connectivity index (χ3n) is 2.77. The lowest BCUT2D eigenvalue weighted by molar-refractivity contribution is 0.129. The summed E-state index contributed by atoms with van der Waals surface area (Å²) in [6.07, 6.45) is 4.69. The van der Waals surface area contributed by atoms with E-state index in [9.17, 15) is 5.26 Å². The first-order valence-corrected chi connectivity index (χ1v) is 7.87. The molecular formula is C13H15NOS2. The predicted molar refractivity (Wildman–Crippen MR) is 72.6 cm³/mol. The zero-order valence-corrected chi connectivity index (χ0v) is 11.4. The van der Waals surface area contributed by atoms with Gasteiger partial charge in [-0.05, 0) is 31.2 Å². The van der Waals surface area contributed by atoms with Crippen molar-refractivity contribution in [1.29, 1.82) is 5.26 Å². The van der Waals surface area contributed by atoms with Crippen LogP contribution in [-0.2, 0) is 4.74 Å². The van der Waals surface area contributed by atoms with Gasteiger partial charge in [0.25, 0.3) is 0 Å². The molecule has 1 unspecified atom stereocenters. The van der Waals surface area contributed by atoms with Gasteiger partial charge >= 0.3 is 0 Å². The van der Waals surface area contributed by atoms with Gasteiger partial charge in [0.15, 0.2) is 0 Å². The van der Waals surface area contributed by atoms with Gasteiger partial charge in [0.2, 0.25) is 0 Å². The summed E-state index contributed by atoms with van der Waals surface area (Å²) in [4.78, 5) is 2.14. The molecule has 17 heavy (non-hydrogen) atoms. The van der Waals surface area contributed by atoms with Crippen LogP contribution in [0, 0.1) is 11.3 Å². The largest absolute Gasteiger partial charge is 0.377 e. The number of hydrogen-bond donors (Lipinski definition) is 0. The van der Waals surface area contributed by atoms with Crippen LogP contribution in [0.15, 0.2) is 28.0 Å². The van der Waals surface area contributed by atoms with Crippen molar-refractivity contribution in [2.45, 2.75) is 28.7 Å². The molecule has 0 bridgehead atoms. The number of nitrogens with zero attached hydrogens (tertiary/aromatic N) is 1. The molecule has 90 valence electrons. The van der Waals surface area contributed by atoms with Crippen LogP contribution in [-0.4, -0.2) is 24.7 Å². The van der Waals surface area contributed by atoms with Gasteiger partial charge < -0.3 is 4.74 Å². The minimum atomic E-state index is 0.365. The molecule has 0 radical (unpaired) electrons. The summed E-state index contributed by atoms with van der Waals surface area (Å²) >= 11 is 3.36. The van der Waals surface area contributed by atoms with Crippen LogP contribution in [0.5, 0.6) is 0 Å². The average molecular weight is 265 g/mol.